The van der Waals surface area contributed by atoms with Crippen molar-refractivity contribution in [2.24, 2.45) is 11.8 Å². The molecule has 1 aromatic heterocycles. The second kappa shape index (κ2) is 10.6. The van der Waals surface area contributed by atoms with E-state index in [1.807, 2.05) is 23.1 Å². The van der Waals surface area contributed by atoms with Gasteiger partial charge in [-0.3, -0.25) is 19.5 Å². The van der Waals surface area contributed by atoms with Gasteiger partial charge in [0.1, 0.15) is 0 Å². The Labute approximate surface area is 207 Å². The molecule has 1 saturated carbocycles. The van der Waals surface area contributed by atoms with Gasteiger partial charge in [-0.15, -0.1) is 0 Å². The lowest BCUT2D eigenvalue weighted by Crippen LogP contribution is -2.54. The van der Waals surface area contributed by atoms with E-state index in [2.05, 4.69) is 10.3 Å². The zero-order valence-electron chi connectivity index (χ0n) is 20.6. The fourth-order valence-corrected chi connectivity index (χ4v) is 6.53. The summed E-state index contributed by atoms with van der Waals surface area (Å²) in [6.07, 6.45) is 12.7. The van der Waals surface area contributed by atoms with E-state index in [4.69, 9.17) is 4.74 Å². The number of urea groups is 1. The van der Waals surface area contributed by atoms with Crippen molar-refractivity contribution in [3.8, 4) is 0 Å². The average molecular weight is 483 g/mol. The van der Waals surface area contributed by atoms with E-state index in [1.165, 1.54) is 37.0 Å². The Kier molecular flexibility index (Phi) is 7.37. The number of hydrogen-bond acceptors (Lipinski definition) is 5. The van der Waals surface area contributed by atoms with E-state index in [9.17, 15) is 14.4 Å². The fourth-order valence-electron chi connectivity index (χ4n) is 6.53. The van der Waals surface area contributed by atoms with Gasteiger partial charge in [0.15, 0.2) is 5.54 Å². The van der Waals surface area contributed by atoms with Crippen LogP contribution in [0.3, 0.4) is 0 Å². The molecule has 3 saturated heterocycles. The number of imide groups is 1. The minimum Gasteiger partial charge on any atom is -0.376 e. The van der Waals surface area contributed by atoms with E-state index < -0.39 is 5.54 Å². The first kappa shape index (κ1) is 24.2. The number of ether oxygens (including phenoxy) is 1. The van der Waals surface area contributed by atoms with Crippen LogP contribution in [0.5, 0.6) is 0 Å². The SMILES string of the molecule is O=C(CCC1CCCCC1)N1CCC(C2(c3ccccn3)NC(=O)N(CC3CCCO3)C2=O)CC1. The van der Waals surface area contributed by atoms with E-state index in [0.717, 1.165) is 19.3 Å². The average Bonchev–Trinajstić information content (AvgIpc) is 3.51. The molecule has 0 spiro atoms. The molecule has 0 aromatic carbocycles. The molecule has 4 aliphatic rings. The lowest BCUT2D eigenvalue weighted by Gasteiger charge is -2.40. The molecule has 4 heterocycles. The second-order valence-electron chi connectivity index (χ2n) is 10.7. The molecule has 3 aliphatic heterocycles. The van der Waals surface area contributed by atoms with Crippen LogP contribution in [0, 0.1) is 11.8 Å². The maximum Gasteiger partial charge on any atom is 0.325 e. The van der Waals surface area contributed by atoms with Gasteiger partial charge in [0.05, 0.1) is 18.3 Å². The number of nitrogens with one attached hydrogen (secondary N) is 1. The summed E-state index contributed by atoms with van der Waals surface area (Å²) in [4.78, 5) is 47.7. The normalized spacial score (nSPS) is 28.5. The number of rotatable bonds is 7. The highest BCUT2D eigenvalue weighted by Gasteiger charge is 2.58. The molecule has 0 radical (unpaired) electrons. The van der Waals surface area contributed by atoms with Gasteiger partial charge < -0.3 is 15.0 Å². The zero-order chi connectivity index (χ0) is 24.3. The molecule has 1 N–H and O–H groups in total. The van der Waals surface area contributed by atoms with Crippen molar-refractivity contribution in [2.45, 2.75) is 82.3 Å². The first-order valence-electron chi connectivity index (χ1n) is 13.5. The van der Waals surface area contributed by atoms with Gasteiger partial charge >= 0.3 is 6.03 Å². The summed E-state index contributed by atoms with van der Waals surface area (Å²) in [6, 6.07) is 5.13. The van der Waals surface area contributed by atoms with E-state index in [-0.39, 0.29) is 36.4 Å². The van der Waals surface area contributed by atoms with Crippen LogP contribution in [-0.4, -0.2) is 65.0 Å². The largest absolute Gasteiger partial charge is 0.376 e. The Balaban J connectivity index is 1.27. The highest BCUT2D eigenvalue weighted by atomic mass is 16.5. The highest BCUT2D eigenvalue weighted by molar-refractivity contribution is 6.07. The van der Waals surface area contributed by atoms with Crippen molar-refractivity contribution in [3.63, 3.8) is 0 Å². The van der Waals surface area contributed by atoms with Crippen LogP contribution < -0.4 is 5.32 Å². The van der Waals surface area contributed by atoms with Crippen LogP contribution in [0.25, 0.3) is 0 Å². The molecule has 1 aromatic rings. The minimum absolute atomic E-state index is 0.104. The summed E-state index contributed by atoms with van der Waals surface area (Å²) in [6.45, 7) is 2.17. The Morgan fingerprint density at radius 3 is 2.54 bits per heavy atom. The smallest absolute Gasteiger partial charge is 0.325 e. The number of amides is 4. The standard InChI is InChI=1S/C27H38N4O4/c32-24(12-11-20-7-2-1-3-8-20)30-16-13-21(14-17-30)27(23-10-4-5-15-28-23)25(33)31(26(34)29-27)19-22-9-6-18-35-22/h4-5,10,15,20-22H,1-3,6-9,11-14,16-19H2,(H,29,34). The molecule has 1 aliphatic carbocycles. The summed E-state index contributed by atoms with van der Waals surface area (Å²) >= 11 is 0. The molecule has 8 nitrogen and oxygen atoms in total. The van der Waals surface area contributed by atoms with Crippen LogP contribution >= 0.6 is 0 Å². The number of hydrogen-bond donors (Lipinski definition) is 1. The Morgan fingerprint density at radius 2 is 1.86 bits per heavy atom. The van der Waals surface area contributed by atoms with Gasteiger partial charge in [-0.2, -0.15) is 0 Å². The molecule has 8 heteroatoms. The van der Waals surface area contributed by atoms with Gasteiger partial charge in [-0.05, 0) is 50.2 Å². The lowest BCUT2D eigenvalue weighted by atomic mass is 9.75. The van der Waals surface area contributed by atoms with Gasteiger partial charge in [0, 0.05) is 38.2 Å². The van der Waals surface area contributed by atoms with Crippen molar-refractivity contribution in [2.75, 3.05) is 26.2 Å². The Hall–Kier alpha value is -2.48. The molecular formula is C27H38N4O4. The third-order valence-electron chi connectivity index (χ3n) is 8.56. The molecule has 35 heavy (non-hydrogen) atoms. The molecule has 0 bridgehead atoms. The summed E-state index contributed by atoms with van der Waals surface area (Å²) < 4.78 is 5.70. The topological polar surface area (TPSA) is 91.8 Å². The van der Waals surface area contributed by atoms with Crippen molar-refractivity contribution in [1.29, 1.82) is 0 Å². The highest BCUT2D eigenvalue weighted by Crippen LogP contribution is 2.41. The molecule has 5 rings (SSSR count). The first-order chi connectivity index (χ1) is 17.1. The minimum atomic E-state index is -1.19. The lowest BCUT2D eigenvalue weighted by molar-refractivity contribution is -0.137. The van der Waals surface area contributed by atoms with Crippen molar-refractivity contribution < 1.29 is 19.1 Å². The van der Waals surface area contributed by atoms with Gasteiger partial charge in [0.2, 0.25) is 5.91 Å². The maximum atomic E-state index is 13.9. The van der Waals surface area contributed by atoms with Crippen LogP contribution in [0.1, 0.15) is 76.3 Å². The summed E-state index contributed by atoms with van der Waals surface area (Å²) in [7, 11) is 0. The first-order valence-corrected chi connectivity index (χ1v) is 13.5. The quantitative estimate of drug-likeness (QED) is 0.600. The second-order valence-corrected chi connectivity index (χ2v) is 10.7. The number of nitrogens with zero attached hydrogens (tertiary/aromatic N) is 3. The molecule has 2 unspecified atom stereocenters. The molecule has 190 valence electrons. The number of carbonyl (C=O) groups is 3. The Bertz CT molecular complexity index is 905. The van der Waals surface area contributed by atoms with Crippen LogP contribution in [0.15, 0.2) is 24.4 Å². The number of piperidine rings is 1. The monoisotopic (exact) mass is 482 g/mol. The van der Waals surface area contributed by atoms with Crippen molar-refractivity contribution in [1.82, 2.24) is 20.1 Å². The number of pyridine rings is 1. The molecule has 4 amide bonds. The van der Waals surface area contributed by atoms with E-state index in [1.54, 1.807) is 6.20 Å². The van der Waals surface area contributed by atoms with Crippen molar-refractivity contribution >= 4 is 17.8 Å². The number of carbonyl (C=O) groups excluding carboxylic acids is 3. The number of aromatic nitrogens is 1. The van der Waals surface area contributed by atoms with Crippen LogP contribution in [0.4, 0.5) is 4.79 Å². The molecule has 4 fully saturated rings. The van der Waals surface area contributed by atoms with Gasteiger partial charge in [-0.1, -0.05) is 38.2 Å². The third-order valence-corrected chi connectivity index (χ3v) is 8.56. The van der Waals surface area contributed by atoms with Crippen molar-refractivity contribution in [3.05, 3.63) is 30.1 Å². The van der Waals surface area contributed by atoms with E-state index in [0.29, 0.717) is 50.6 Å². The molecule has 2 atom stereocenters. The summed E-state index contributed by atoms with van der Waals surface area (Å²) in [5.74, 6) is 0.561. The van der Waals surface area contributed by atoms with Gasteiger partial charge in [-0.25, -0.2) is 4.79 Å². The predicted molar refractivity (Wildman–Crippen MR) is 130 cm³/mol. The molecular weight excluding hydrogens is 444 g/mol. The fraction of sp³-hybridized carbons (Fsp3) is 0.704. The predicted octanol–water partition coefficient (Wildman–Crippen LogP) is 3.61. The number of likely N-dealkylation sites (tertiary alicyclic amines) is 1. The van der Waals surface area contributed by atoms with E-state index >= 15 is 0 Å². The Morgan fingerprint density at radius 1 is 1.06 bits per heavy atom. The van der Waals surface area contributed by atoms with Gasteiger partial charge in [0.25, 0.3) is 5.91 Å². The van der Waals surface area contributed by atoms with Crippen LogP contribution in [-0.2, 0) is 19.9 Å². The summed E-state index contributed by atoms with van der Waals surface area (Å²) in [5.41, 5.74) is -0.607. The third kappa shape index (κ3) is 4.95. The zero-order valence-corrected chi connectivity index (χ0v) is 20.6. The maximum absolute atomic E-state index is 13.9. The summed E-state index contributed by atoms with van der Waals surface area (Å²) in [5, 5.41) is 3.06. The van der Waals surface area contributed by atoms with Crippen LogP contribution in [0.2, 0.25) is 0 Å².